The molecule has 1 amide bonds. The van der Waals surface area contributed by atoms with Gasteiger partial charge in [-0.1, -0.05) is 0 Å². The lowest BCUT2D eigenvalue weighted by atomic mass is 9.79. The van der Waals surface area contributed by atoms with Gasteiger partial charge in [-0.2, -0.15) is 0 Å². The van der Waals surface area contributed by atoms with Crippen molar-refractivity contribution in [2.45, 2.75) is 37.3 Å². The maximum atomic E-state index is 11.9. The second kappa shape index (κ2) is 4.14. The van der Waals surface area contributed by atoms with Gasteiger partial charge in [0.05, 0.1) is 6.54 Å². The maximum absolute atomic E-state index is 11.9. The Bertz CT molecular complexity index is 309. The summed E-state index contributed by atoms with van der Waals surface area (Å²) >= 11 is 0. The zero-order chi connectivity index (χ0) is 11.9. The number of nitrogens with zero attached hydrogens (tertiary/aromatic N) is 1. The smallest absolute Gasteiger partial charge is 0.410 e. The Balaban J connectivity index is 1.62. The molecule has 2 heterocycles. The van der Waals surface area contributed by atoms with E-state index in [0.29, 0.717) is 12.0 Å². The lowest BCUT2D eigenvalue weighted by Gasteiger charge is -2.39. The summed E-state index contributed by atoms with van der Waals surface area (Å²) in [6.45, 7) is 2.86. The standard InChI is InChI=1S/C12H20N2O3/c15-7-9-5-10(6-9)14-8-12(17-11(14)16)1-3-13-4-2-12/h9-10,13,15H,1-8H2. The predicted octanol–water partition coefficient (Wildman–Crippen LogP) is 0.332. The fraction of sp³-hybridized carbons (Fsp3) is 0.917. The topological polar surface area (TPSA) is 61.8 Å². The zero-order valence-electron chi connectivity index (χ0n) is 10.0. The summed E-state index contributed by atoms with van der Waals surface area (Å²) < 4.78 is 5.61. The highest BCUT2D eigenvalue weighted by atomic mass is 16.6. The quantitative estimate of drug-likeness (QED) is 0.730. The SMILES string of the molecule is O=C1OC2(CCNCC2)CN1C1CC(CO)C1. The van der Waals surface area contributed by atoms with E-state index in [1.165, 1.54) is 0 Å². The van der Waals surface area contributed by atoms with Crippen molar-refractivity contribution >= 4 is 6.09 Å². The van der Waals surface area contributed by atoms with Gasteiger partial charge in [-0.25, -0.2) is 4.79 Å². The normalized spacial score (nSPS) is 35.8. The average Bonchev–Trinajstić information content (AvgIpc) is 2.55. The van der Waals surface area contributed by atoms with E-state index in [4.69, 9.17) is 9.84 Å². The molecule has 1 spiro atoms. The van der Waals surface area contributed by atoms with Gasteiger partial charge in [0, 0.05) is 25.5 Å². The highest BCUT2D eigenvalue weighted by molar-refractivity contribution is 5.71. The van der Waals surface area contributed by atoms with Crippen molar-refractivity contribution in [3.05, 3.63) is 0 Å². The van der Waals surface area contributed by atoms with Gasteiger partial charge in [-0.05, 0) is 31.8 Å². The van der Waals surface area contributed by atoms with Crippen LogP contribution in [0.15, 0.2) is 0 Å². The van der Waals surface area contributed by atoms with Crippen LogP contribution in [-0.4, -0.2) is 54.0 Å². The van der Waals surface area contributed by atoms with Crippen LogP contribution in [0.5, 0.6) is 0 Å². The molecule has 2 saturated heterocycles. The van der Waals surface area contributed by atoms with Gasteiger partial charge >= 0.3 is 6.09 Å². The molecule has 0 atom stereocenters. The lowest BCUT2D eigenvalue weighted by molar-refractivity contribution is 0.0316. The van der Waals surface area contributed by atoms with Gasteiger partial charge < -0.3 is 20.1 Å². The largest absolute Gasteiger partial charge is 0.441 e. The molecule has 3 aliphatic rings. The Morgan fingerprint density at radius 3 is 2.76 bits per heavy atom. The van der Waals surface area contributed by atoms with Crippen LogP contribution in [0.2, 0.25) is 0 Å². The molecule has 0 aromatic heterocycles. The maximum Gasteiger partial charge on any atom is 0.410 e. The number of carbonyl (C=O) groups excluding carboxylic acids is 1. The van der Waals surface area contributed by atoms with Crippen LogP contribution >= 0.6 is 0 Å². The fourth-order valence-corrected chi connectivity index (χ4v) is 3.18. The van der Waals surface area contributed by atoms with Crippen LogP contribution in [0.4, 0.5) is 4.79 Å². The number of rotatable bonds is 2. The van der Waals surface area contributed by atoms with E-state index in [-0.39, 0.29) is 18.3 Å². The van der Waals surface area contributed by atoms with E-state index in [1.54, 1.807) is 0 Å². The molecule has 17 heavy (non-hydrogen) atoms. The van der Waals surface area contributed by atoms with Crippen LogP contribution in [-0.2, 0) is 4.74 Å². The van der Waals surface area contributed by atoms with Gasteiger partial charge in [0.25, 0.3) is 0 Å². The number of nitrogens with one attached hydrogen (secondary N) is 1. The molecule has 1 saturated carbocycles. The van der Waals surface area contributed by atoms with Crippen LogP contribution in [0.1, 0.15) is 25.7 Å². The van der Waals surface area contributed by atoms with Gasteiger partial charge in [0.15, 0.2) is 0 Å². The van der Waals surface area contributed by atoms with Crippen molar-refractivity contribution in [1.29, 1.82) is 0 Å². The Hall–Kier alpha value is -0.810. The fourth-order valence-electron chi connectivity index (χ4n) is 3.18. The minimum atomic E-state index is -0.230. The number of carbonyl (C=O) groups is 1. The molecule has 3 fully saturated rings. The molecule has 5 nitrogen and oxygen atoms in total. The van der Waals surface area contributed by atoms with Crippen LogP contribution < -0.4 is 5.32 Å². The highest BCUT2D eigenvalue weighted by Crippen LogP contribution is 2.38. The lowest BCUT2D eigenvalue weighted by Crippen LogP contribution is -2.49. The first-order valence-electron chi connectivity index (χ1n) is 6.54. The third-order valence-electron chi connectivity index (χ3n) is 4.42. The van der Waals surface area contributed by atoms with Crippen molar-refractivity contribution in [1.82, 2.24) is 10.2 Å². The van der Waals surface area contributed by atoms with Crippen LogP contribution in [0.25, 0.3) is 0 Å². The number of piperidine rings is 1. The molecule has 1 aliphatic carbocycles. The van der Waals surface area contributed by atoms with Gasteiger partial charge in [0.2, 0.25) is 0 Å². The molecular formula is C12H20N2O3. The van der Waals surface area contributed by atoms with E-state index in [2.05, 4.69) is 5.32 Å². The van der Waals surface area contributed by atoms with Crippen molar-refractivity contribution in [3.63, 3.8) is 0 Å². The Morgan fingerprint density at radius 2 is 2.12 bits per heavy atom. The first-order chi connectivity index (χ1) is 8.22. The third-order valence-corrected chi connectivity index (χ3v) is 4.42. The van der Waals surface area contributed by atoms with Crippen molar-refractivity contribution in [3.8, 4) is 0 Å². The van der Waals surface area contributed by atoms with E-state index < -0.39 is 0 Å². The monoisotopic (exact) mass is 240 g/mol. The molecule has 5 heteroatoms. The molecule has 0 aromatic rings. The molecule has 3 rings (SSSR count). The summed E-state index contributed by atoms with van der Waals surface area (Å²) in [5.74, 6) is 0.386. The summed E-state index contributed by atoms with van der Waals surface area (Å²) in [6, 6.07) is 0.300. The molecule has 0 aromatic carbocycles. The van der Waals surface area contributed by atoms with E-state index in [1.807, 2.05) is 4.90 Å². The molecule has 0 bridgehead atoms. The summed E-state index contributed by atoms with van der Waals surface area (Å²) in [5, 5.41) is 12.3. The minimum Gasteiger partial charge on any atom is -0.441 e. The van der Waals surface area contributed by atoms with Crippen LogP contribution in [0, 0.1) is 5.92 Å². The average molecular weight is 240 g/mol. The Kier molecular flexibility index (Phi) is 2.75. The number of hydrogen-bond acceptors (Lipinski definition) is 4. The van der Waals surface area contributed by atoms with E-state index in [0.717, 1.165) is 45.3 Å². The first-order valence-corrected chi connectivity index (χ1v) is 6.54. The molecule has 2 N–H and O–H groups in total. The third kappa shape index (κ3) is 1.91. The number of aliphatic hydroxyl groups is 1. The molecular weight excluding hydrogens is 220 g/mol. The second-order valence-electron chi connectivity index (χ2n) is 5.60. The predicted molar refractivity (Wildman–Crippen MR) is 61.6 cm³/mol. The summed E-state index contributed by atoms with van der Waals surface area (Å²) in [6.07, 6.45) is 3.56. The molecule has 96 valence electrons. The van der Waals surface area contributed by atoms with Gasteiger partial charge in [0.1, 0.15) is 5.60 Å². The van der Waals surface area contributed by atoms with E-state index in [9.17, 15) is 4.79 Å². The second-order valence-corrected chi connectivity index (χ2v) is 5.60. The first kappa shape index (κ1) is 11.3. The Labute approximate surface area is 101 Å². The number of aliphatic hydroxyl groups excluding tert-OH is 1. The number of amides is 1. The summed E-state index contributed by atoms with van der Waals surface area (Å²) in [5.41, 5.74) is -0.230. The van der Waals surface area contributed by atoms with Gasteiger partial charge in [-0.3, -0.25) is 0 Å². The molecule has 2 aliphatic heterocycles. The Morgan fingerprint density at radius 1 is 1.41 bits per heavy atom. The van der Waals surface area contributed by atoms with Crippen molar-refractivity contribution < 1.29 is 14.6 Å². The zero-order valence-corrected chi connectivity index (χ0v) is 10.0. The van der Waals surface area contributed by atoms with Crippen molar-refractivity contribution in [2.24, 2.45) is 5.92 Å². The number of hydrogen-bond donors (Lipinski definition) is 2. The van der Waals surface area contributed by atoms with Gasteiger partial charge in [-0.15, -0.1) is 0 Å². The summed E-state index contributed by atoms with van der Waals surface area (Å²) in [7, 11) is 0. The number of ether oxygens (including phenoxy) is 1. The van der Waals surface area contributed by atoms with Crippen molar-refractivity contribution in [2.75, 3.05) is 26.2 Å². The molecule has 0 unspecified atom stereocenters. The summed E-state index contributed by atoms with van der Waals surface area (Å²) in [4.78, 5) is 13.8. The van der Waals surface area contributed by atoms with E-state index >= 15 is 0 Å². The van der Waals surface area contributed by atoms with Crippen LogP contribution in [0.3, 0.4) is 0 Å². The molecule has 0 radical (unpaired) electrons. The minimum absolute atomic E-state index is 0.145. The highest BCUT2D eigenvalue weighted by Gasteiger charge is 2.49.